The Balaban J connectivity index is 2.20. The zero-order chi connectivity index (χ0) is 17.0. The van der Waals surface area contributed by atoms with Crippen molar-refractivity contribution in [1.82, 2.24) is 0 Å². The number of hydrogen-bond donors (Lipinski definition) is 0. The molecular weight excluding hydrogens is 399 g/mol. The fraction of sp³-hybridized carbons (Fsp3) is 0.133. The van der Waals surface area contributed by atoms with Gasteiger partial charge in [0, 0.05) is 6.07 Å². The number of rotatable bonds is 4. The summed E-state index contributed by atoms with van der Waals surface area (Å²) in [5, 5.41) is 7.67. The molecule has 0 N–H and O–H groups in total. The van der Waals surface area contributed by atoms with Crippen LogP contribution in [0.25, 0.3) is 0 Å². The largest absolute Gasteiger partial charge is 0.465 e. The number of hydrogen-bond acceptors (Lipinski definition) is 3. The van der Waals surface area contributed by atoms with Crippen molar-refractivity contribution in [2.45, 2.75) is 11.2 Å². The van der Waals surface area contributed by atoms with Crippen LogP contribution in [0.5, 0.6) is 17.2 Å². The molecule has 0 spiro atoms. The molecule has 0 heterocycles. The van der Waals surface area contributed by atoms with E-state index in [9.17, 15) is 13.2 Å². The molecule has 0 saturated heterocycles. The van der Waals surface area contributed by atoms with Crippen LogP contribution in [0.15, 0.2) is 42.5 Å². The van der Waals surface area contributed by atoms with E-state index < -0.39 is 16.8 Å². The second-order valence-corrected chi connectivity index (χ2v) is 5.52. The standard InChI is InChI=1S/C15H8BrClF3NO2/c16-14(8-21)23-11-3-1-2-10(7-11)22-13-5-4-9(6-12(13)17)15(18,19)20/h1-7,14H. The van der Waals surface area contributed by atoms with Gasteiger partial charge in [-0.25, -0.2) is 0 Å². The average molecular weight is 407 g/mol. The van der Waals surface area contributed by atoms with Crippen LogP contribution in [-0.4, -0.2) is 5.01 Å². The predicted octanol–water partition coefficient (Wildman–Crippen LogP) is 5.77. The van der Waals surface area contributed by atoms with E-state index in [4.69, 9.17) is 26.3 Å². The first-order chi connectivity index (χ1) is 10.8. The Bertz CT molecular complexity index is 746. The van der Waals surface area contributed by atoms with Crippen molar-refractivity contribution in [3.8, 4) is 23.3 Å². The van der Waals surface area contributed by atoms with Crippen molar-refractivity contribution < 1.29 is 22.6 Å². The summed E-state index contributed by atoms with van der Waals surface area (Å²) in [5.41, 5.74) is -0.858. The van der Waals surface area contributed by atoms with Crippen LogP contribution < -0.4 is 9.47 Å². The summed E-state index contributed by atoms with van der Waals surface area (Å²) in [7, 11) is 0. The molecule has 0 radical (unpaired) electrons. The van der Waals surface area contributed by atoms with E-state index in [0.29, 0.717) is 11.5 Å². The number of nitriles is 1. The molecule has 0 aliphatic carbocycles. The van der Waals surface area contributed by atoms with Gasteiger partial charge in [0.15, 0.2) is 0 Å². The van der Waals surface area contributed by atoms with Crippen molar-refractivity contribution in [3.05, 3.63) is 53.1 Å². The highest BCUT2D eigenvalue weighted by Crippen LogP contribution is 2.36. The van der Waals surface area contributed by atoms with Crippen LogP contribution in [0.1, 0.15) is 5.56 Å². The Labute approximate surface area is 143 Å². The minimum Gasteiger partial charge on any atom is -0.465 e. The first kappa shape index (κ1) is 17.4. The molecule has 2 aromatic rings. The van der Waals surface area contributed by atoms with Crippen LogP contribution in [-0.2, 0) is 6.18 Å². The summed E-state index contributed by atoms with van der Waals surface area (Å²) in [6.45, 7) is 0. The van der Waals surface area contributed by atoms with Crippen molar-refractivity contribution in [2.75, 3.05) is 0 Å². The van der Waals surface area contributed by atoms with E-state index in [1.165, 1.54) is 6.07 Å². The number of halogens is 5. The lowest BCUT2D eigenvalue weighted by Gasteiger charge is -2.12. The lowest BCUT2D eigenvalue weighted by atomic mass is 10.2. The molecule has 3 nitrogen and oxygen atoms in total. The number of nitrogens with zero attached hydrogens (tertiary/aromatic N) is 1. The minimum atomic E-state index is -4.47. The Morgan fingerprint density at radius 3 is 2.43 bits per heavy atom. The van der Waals surface area contributed by atoms with E-state index in [1.807, 2.05) is 6.07 Å². The molecular formula is C15H8BrClF3NO2. The Morgan fingerprint density at radius 2 is 1.83 bits per heavy atom. The van der Waals surface area contributed by atoms with Crippen LogP contribution in [0.2, 0.25) is 5.02 Å². The third-order valence-corrected chi connectivity index (χ3v) is 3.32. The van der Waals surface area contributed by atoms with Gasteiger partial charge in [0.1, 0.15) is 23.3 Å². The monoisotopic (exact) mass is 405 g/mol. The van der Waals surface area contributed by atoms with Gasteiger partial charge < -0.3 is 9.47 Å². The van der Waals surface area contributed by atoms with Gasteiger partial charge in [-0.15, -0.1) is 0 Å². The summed E-state index contributed by atoms with van der Waals surface area (Å²) >= 11 is 8.82. The molecule has 0 bridgehead atoms. The van der Waals surface area contributed by atoms with Crippen molar-refractivity contribution in [3.63, 3.8) is 0 Å². The van der Waals surface area contributed by atoms with Gasteiger partial charge in [-0.2, -0.15) is 18.4 Å². The van der Waals surface area contributed by atoms with Crippen molar-refractivity contribution in [2.24, 2.45) is 0 Å². The third-order valence-electron chi connectivity index (χ3n) is 2.63. The molecule has 1 atom stereocenters. The quantitative estimate of drug-likeness (QED) is 0.605. The highest BCUT2D eigenvalue weighted by Gasteiger charge is 2.31. The van der Waals surface area contributed by atoms with Gasteiger partial charge in [-0.05, 0) is 46.3 Å². The Hall–Kier alpha value is -1.91. The highest BCUT2D eigenvalue weighted by molar-refractivity contribution is 9.09. The fourth-order valence-electron chi connectivity index (χ4n) is 1.64. The first-order valence-corrected chi connectivity index (χ1v) is 7.44. The van der Waals surface area contributed by atoms with Gasteiger partial charge in [0.2, 0.25) is 5.01 Å². The van der Waals surface area contributed by atoms with Crippen LogP contribution in [0, 0.1) is 11.3 Å². The van der Waals surface area contributed by atoms with E-state index in [-0.39, 0.29) is 10.8 Å². The predicted molar refractivity (Wildman–Crippen MR) is 81.9 cm³/mol. The minimum absolute atomic E-state index is 0.0764. The SMILES string of the molecule is N#CC(Br)Oc1cccc(Oc2ccc(C(F)(F)F)cc2Cl)c1. The van der Waals surface area contributed by atoms with Crippen LogP contribution in [0.4, 0.5) is 13.2 Å². The maximum Gasteiger partial charge on any atom is 0.416 e. The highest BCUT2D eigenvalue weighted by atomic mass is 79.9. The lowest BCUT2D eigenvalue weighted by Crippen LogP contribution is -2.05. The molecule has 120 valence electrons. The zero-order valence-corrected chi connectivity index (χ0v) is 13.6. The molecule has 0 amide bonds. The smallest absolute Gasteiger partial charge is 0.416 e. The van der Waals surface area contributed by atoms with Gasteiger partial charge >= 0.3 is 6.18 Å². The Kier molecular flexibility index (Phi) is 5.39. The van der Waals surface area contributed by atoms with Gasteiger partial charge in [0.05, 0.1) is 10.6 Å². The molecule has 0 aromatic heterocycles. The van der Waals surface area contributed by atoms with Crippen molar-refractivity contribution >= 4 is 27.5 Å². The summed E-state index contributed by atoms with van der Waals surface area (Å²) in [5.74, 6) is 0.739. The Morgan fingerprint density at radius 1 is 1.13 bits per heavy atom. The second-order valence-electron chi connectivity index (χ2n) is 4.28. The molecule has 0 aliphatic rings. The second kappa shape index (κ2) is 7.11. The molecule has 23 heavy (non-hydrogen) atoms. The molecule has 2 aromatic carbocycles. The molecule has 1 unspecified atom stereocenters. The summed E-state index contributed by atoms with van der Waals surface area (Å²) in [4.78, 5) is 0. The van der Waals surface area contributed by atoms with E-state index in [1.54, 1.807) is 18.2 Å². The van der Waals surface area contributed by atoms with Gasteiger partial charge in [-0.1, -0.05) is 17.7 Å². The van der Waals surface area contributed by atoms with Gasteiger partial charge in [0.25, 0.3) is 0 Å². The van der Waals surface area contributed by atoms with E-state index in [0.717, 1.165) is 18.2 Å². The topological polar surface area (TPSA) is 42.2 Å². The first-order valence-electron chi connectivity index (χ1n) is 6.14. The van der Waals surface area contributed by atoms with Gasteiger partial charge in [-0.3, -0.25) is 0 Å². The summed E-state index contributed by atoms with van der Waals surface area (Å²) in [6, 6.07) is 10.9. The molecule has 2 rings (SSSR count). The maximum absolute atomic E-state index is 12.6. The summed E-state index contributed by atoms with van der Waals surface area (Å²) < 4.78 is 48.4. The van der Waals surface area contributed by atoms with Crippen LogP contribution >= 0.6 is 27.5 Å². The fourth-order valence-corrected chi connectivity index (χ4v) is 2.08. The molecule has 0 saturated carbocycles. The lowest BCUT2D eigenvalue weighted by molar-refractivity contribution is -0.137. The number of ether oxygens (including phenoxy) is 2. The van der Waals surface area contributed by atoms with Crippen molar-refractivity contribution in [1.29, 1.82) is 5.26 Å². The third kappa shape index (κ3) is 4.78. The zero-order valence-electron chi connectivity index (χ0n) is 11.3. The number of benzene rings is 2. The average Bonchev–Trinajstić information content (AvgIpc) is 2.48. The molecule has 8 heteroatoms. The normalized spacial score (nSPS) is 12.3. The maximum atomic E-state index is 12.6. The molecule has 0 fully saturated rings. The number of alkyl halides is 4. The summed E-state index contributed by atoms with van der Waals surface area (Å²) in [6.07, 6.45) is -4.47. The molecule has 0 aliphatic heterocycles. The van der Waals surface area contributed by atoms with Crippen LogP contribution in [0.3, 0.4) is 0 Å². The van der Waals surface area contributed by atoms with E-state index >= 15 is 0 Å². The van der Waals surface area contributed by atoms with E-state index in [2.05, 4.69) is 15.9 Å².